The zero-order chi connectivity index (χ0) is 15.9. The number of carbonyl (C=O) groups excluding carboxylic acids is 2. The maximum absolute atomic E-state index is 11.9. The minimum atomic E-state index is -0.0303. The highest BCUT2D eigenvalue weighted by atomic mass is 35.5. The molecule has 2 amide bonds. The Labute approximate surface area is 136 Å². The molecule has 2 rings (SSSR count). The molecule has 1 aliphatic carbocycles. The second kappa shape index (κ2) is 8.18. The first-order valence-corrected chi connectivity index (χ1v) is 8.22. The van der Waals surface area contributed by atoms with Crippen LogP contribution in [0.1, 0.15) is 38.2 Å². The molecule has 22 heavy (non-hydrogen) atoms. The van der Waals surface area contributed by atoms with Crippen LogP contribution in [0.5, 0.6) is 0 Å². The summed E-state index contributed by atoms with van der Waals surface area (Å²) in [6.45, 7) is 2.70. The summed E-state index contributed by atoms with van der Waals surface area (Å²) in [7, 11) is 0. The zero-order valence-electron chi connectivity index (χ0n) is 13.0. The van der Waals surface area contributed by atoms with Crippen LogP contribution in [-0.4, -0.2) is 35.8 Å². The predicted molar refractivity (Wildman–Crippen MR) is 87.8 cm³/mol. The summed E-state index contributed by atoms with van der Waals surface area (Å²) in [5.41, 5.74) is 0.932. The van der Waals surface area contributed by atoms with Crippen molar-refractivity contribution in [2.24, 2.45) is 0 Å². The van der Waals surface area contributed by atoms with Gasteiger partial charge in [0.2, 0.25) is 11.8 Å². The molecule has 0 bridgehead atoms. The van der Waals surface area contributed by atoms with E-state index in [2.05, 4.69) is 5.32 Å². The first-order valence-electron chi connectivity index (χ1n) is 7.84. The summed E-state index contributed by atoms with van der Waals surface area (Å²) in [4.78, 5) is 25.6. The Bertz CT molecular complexity index is 510. The molecule has 1 aliphatic rings. The molecule has 1 N–H and O–H groups in total. The summed E-state index contributed by atoms with van der Waals surface area (Å²) in [6, 6.07) is 7.61. The first kappa shape index (κ1) is 16.8. The summed E-state index contributed by atoms with van der Waals surface area (Å²) in [6.07, 6.45) is 4.88. The van der Waals surface area contributed by atoms with Gasteiger partial charge in [-0.15, -0.1) is 0 Å². The minimum absolute atomic E-state index is 0.0303. The van der Waals surface area contributed by atoms with Crippen LogP contribution >= 0.6 is 11.6 Å². The second-order valence-electron chi connectivity index (χ2n) is 5.80. The van der Waals surface area contributed by atoms with Crippen LogP contribution < -0.4 is 5.32 Å². The van der Waals surface area contributed by atoms with Crippen LogP contribution in [0.15, 0.2) is 24.3 Å². The predicted octanol–water partition coefficient (Wildman–Crippen LogP) is 2.79. The fourth-order valence-electron chi connectivity index (χ4n) is 2.98. The Balaban J connectivity index is 1.75. The van der Waals surface area contributed by atoms with E-state index in [0.717, 1.165) is 18.4 Å². The number of carbonyl (C=O) groups is 2. The lowest BCUT2D eigenvalue weighted by molar-refractivity contribution is -0.131. The lowest BCUT2D eigenvalue weighted by atomic mass is 10.1. The van der Waals surface area contributed by atoms with Crippen molar-refractivity contribution in [1.82, 2.24) is 10.2 Å². The average molecular weight is 323 g/mol. The first-order chi connectivity index (χ1) is 10.6. The summed E-state index contributed by atoms with van der Waals surface area (Å²) in [5, 5.41) is 3.55. The van der Waals surface area contributed by atoms with Crippen molar-refractivity contribution < 1.29 is 9.59 Å². The molecule has 0 saturated heterocycles. The van der Waals surface area contributed by atoms with Gasteiger partial charge in [0, 0.05) is 31.1 Å². The summed E-state index contributed by atoms with van der Waals surface area (Å²) < 4.78 is 0. The van der Waals surface area contributed by atoms with Crippen molar-refractivity contribution in [3.63, 3.8) is 0 Å². The maximum Gasteiger partial charge on any atom is 0.224 e. The number of halogens is 1. The highest BCUT2D eigenvalue weighted by Crippen LogP contribution is 2.23. The Morgan fingerprint density at radius 2 is 1.86 bits per heavy atom. The molecule has 1 fully saturated rings. The molecule has 0 unspecified atom stereocenters. The fraction of sp³-hybridized carbons (Fsp3) is 0.529. The van der Waals surface area contributed by atoms with Crippen molar-refractivity contribution >= 4 is 23.4 Å². The maximum atomic E-state index is 11.9. The Hall–Kier alpha value is -1.55. The third kappa shape index (κ3) is 5.02. The number of nitrogens with zero attached hydrogens (tertiary/aromatic N) is 1. The van der Waals surface area contributed by atoms with E-state index < -0.39 is 0 Å². The zero-order valence-corrected chi connectivity index (χ0v) is 13.7. The van der Waals surface area contributed by atoms with E-state index in [-0.39, 0.29) is 11.8 Å². The molecule has 0 spiro atoms. The fourth-order valence-corrected chi connectivity index (χ4v) is 3.10. The van der Waals surface area contributed by atoms with E-state index in [1.807, 2.05) is 17.0 Å². The van der Waals surface area contributed by atoms with E-state index in [0.29, 0.717) is 30.6 Å². The number of nitrogens with one attached hydrogen (secondary N) is 1. The molecule has 0 aromatic heterocycles. The van der Waals surface area contributed by atoms with Crippen molar-refractivity contribution in [1.29, 1.82) is 0 Å². The quantitative estimate of drug-likeness (QED) is 0.875. The summed E-state index contributed by atoms with van der Waals surface area (Å²) in [5.74, 6) is 0.0658. The van der Waals surface area contributed by atoms with Crippen LogP contribution in [0, 0.1) is 0 Å². The van der Waals surface area contributed by atoms with E-state index in [1.54, 1.807) is 19.1 Å². The SMILES string of the molecule is CC(=O)N(CCNC(=O)Cc1ccc(Cl)cc1)C1CCCC1. The van der Waals surface area contributed by atoms with E-state index in [1.165, 1.54) is 12.8 Å². The van der Waals surface area contributed by atoms with Gasteiger partial charge in [0.15, 0.2) is 0 Å². The molecular weight excluding hydrogens is 300 g/mol. The van der Waals surface area contributed by atoms with Gasteiger partial charge in [0.25, 0.3) is 0 Å². The average Bonchev–Trinajstić information content (AvgIpc) is 2.99. The van der Waals surface area contributed by atoms with Crippen LogP contribution in [-0.2, 0) is 16.0 Å². The molecule has 0 heterocycles. The van der Waals surface area contributed by atoms with Crippen molar-refractivity contribution in [3.8, 4) is 0 Å². The molecule has 1 saturated carbocycles. The lowest BCUT2D eigenvalue weighted by Crippen LogP contribution is -2.42. The molecule has 0 radical (unpaired) electrons. The molecule has 120 valence electrons. The van der Waals surface area contributed by atoms with Gasteiger partial charge in [-0.25, -0.2) is 0 Å². The highest BCUT2D eigenvalue weighted by Gasteiger charge is 2.24. The standard InChI is InChI=1S/C17H23ClN2O2/c1-13(21)20(16-4-2-3-5-16)11-10-19-17(22)12-14-6-8-15(18)9-7-14/h6-9,16H,2-5,10-12H2,1H3,(H,19,22). The Morgan fingerprint density at radius 1 is 1.23 bits per heavy atom. The number of rotatable bonds is 6. The smallest absolute Gasteiger partial charge is 0.224 e. The number of benzene rings is 1. The van der Waals surface area contributed by atoms with Crippen LogP contribution in [0.3, 0.4) is 0 Å². The van der Waals surface area contributed by atoms with Gasteiger partial charge in [-0.1, -0.05) is 36.6 Å². The molecule has 0 aliphatic heterocycles. The normalized spacial score (nSPS) is 14.8. The van der Waals surface area contributed by atoms with Gasteiger partial charge < -0.3 is 10.2 Å². The second-order valence-corrected chi connectivity index (χ2v) is 6.24. The van der Waals surface area contributed by atoms with Crippen molar-refractivity contribution in [3.05, 3.63) is 34.9 Å². The Kier molecular flexibility index (Phi) is 6.25. The van der Waals surface area contributed by atoms with Gasteiger partial charge in [-0.05, 0) is 30.5 Å². The van der Waals surface area contributed by atoms with E-state index in [4.69, 9.17) is 11.6 Å². The topological polar surface area (TPSA) is 49.4 Å². The van der Waals surface area contributed by atoms with E-state index in [9.17, 15) is 9.59 Å². The monoisotopic (exact) mass is 322 g/mol. The molecular formula is C17H23ClN2O2. The largest absolute Gasteiger partial charge is 0.354 e. The van der Waals surface area contributed by atoms with Crippen LogP contribution in [0.2, 0.25) is 5.02 Å². The number of amides is 2. The minimum Gasteiger partial charge on any atom is -0.354 e. The van der Waals surface area contributed by atoms with Crippen molar-refractivity contribution in [2.75, 3.05) is 13.1 Å². The van der Waals surface area contributed by atoms with Gasteiger partial charge in [-0.3, -0.25) is 9.59 Å². The lowest BCUT2D eigenvalue weighted by Gasteiger charge is -2.27. The van der Waals surface area contributed by atoms with E-state index >= 15 is 0 Å². The molecule has 0 atom stereocenters. The van der Waals surface area contributed by atoms with Crippen molar-refractivity contribution in [2.45, 2.75) is 45.1 Å². The highest BCUT2D eigenvalue weighted by molar-refractivity contribution is 6.30. The van der Waals surface area contributed by atoms with Gasteiger partial charge in [0.1, 0.15) is 0 Å². The van der Waals surface area contributed by atoms with Crippen LogP contribution in [0.25, 0.3) is 0 Å². The summed E-state index contributed by atoms with van der Waals surface area (Å²) >= 11 is 5.82. The van der Waals surface area contributed by atoms with Gasteiger partial charge in [-0.2, -0.15) is 0 Å². The van der Waals surface area contributed by atoms with Gasteiger partial charge >= 0.3 is 0 Å². The molecule has 1 aromatic carbocycles. The molecule has 4 nitrogen and oxygen atoms in total. The Morgan fingerprint density at radius 3 is 2.45 bits per heavy atom. The third-order valence-corrected chi connectivity index (χ3v) is 4.37. The van der Waals surface area contributed by atoms with Crippen LogP contribution in [0.4, 0.5) is 0 Å². The number of hydrogen-bond donors (Lipinski definition) is 1. The van der Waals surface area contributed by atoms with Gasteiger partial charge in [0.05, 0.1) is 6.42 Å². The number of hydrogen-bond acceptors (Lipinski definition) is 2. The molecule has 5 heteroatoms. The molecule has 1 aromatic rings. The third-order valence-electron chi connectivity index (χ3n) is 4.12.